The second-order valence-electron chi connectivity index (χ2n) is 8.35. The molecule has 0 aliphatic carbocycles. The van der Waals surface area contributed by atoms with Gasteiger partial charge < -0.3 is 9.15 Å². The number of hydrogen-bond donors (Lipinski definition) is 0. The van der Waals surface area contributed by atoms with Crippen molar-refractivity contribution in [1.82, 2.24) is 19.2 Å². The highest BCUT2D eigenvalue weighted by Crippen LogP contribution is 2.28. The number of fused-ring (bicyclic) bond motifs is 4. The van der Waals surface area contributed by atoms with Crippen molar-refractivity contribution in [3.63, 3.8) is 0 Å². The average Bonchev–Trinajstić information content (AvgIpc) is 3.31. The van der Waals surface area contributed by atoms with Crippen molar-refractivity contribution < 1.29 is 9.15 Å². The molecular formula is C27H20N4O4S. The molecule has 6 aromatic rings. The van der Waals surface area contributed by atoms with Gasteiger partial charge in [-0.3, -0.25) is 9.20 Å². The summed E-state index contributed by atoms with van der Waals surface area (Å²) < 4.78 is 14.1. The molecule has 3 heterocycles. The predicted molar refractivity (Wildman–Crippen MR) is 139 cm³/mol. The maximum Gasteiger partial charge on any atom is 0.336 e. The fraction of sp³-hybridized carbons (Fsp3) is 0.111. The van der Waals surface area contributed by atoms with Crippen molar-refractivity contribution in [2.45, 2.75) is 17.8 Å². The zero-order valence-corrected chi connectivity index (χ0v) is 20.3. The highest BCUT2D eigenvalue weighted by molar-refractivity contribution is 7.98. The van der Waals surface area contributed by atoms with E-state index in [0.717, 1.165) is 16.5 Å². The Morgan fingerprint density at radius 3 is 2.56 bits per heavy atom. The maximum atomic E-state index is 13.5. The molecule has 0 bridgehead atoms. The molecule has 36 heavy (non-hydrogen) atoms. The van der Waals surface area contributed by atoms with Gasteiger partial charge in [-0.05, 0) is 60.5 Å². The summed E-state index contributed by atoms with van der Waals surface area (Å²) in [5.41, 5.74) is 3.20. The van der Waals surface area contributed by atoms with Crippen LogP contribution < -0.4 is 15.9 Å². The van der Waals surface area contributed by atoms with Crippen LogP contribution in [-0.4, -0.2) is 26.3 Å². The highest BCUT2D eigenvalue weighted by atomic mass is 32.2. The minimum absolute atomic E-state index is 0.186. The third kappa shape index (κ3) is 3.64. The van der Waals surface area contributed by atoms with Crippen molar-refractivity contribution in [2.75, 3.05) is 7.11 Å². The lowest BCUT2D eigenvalue weighted by Crippen LogP contribution is -2.21. The van der Waals surface area contributed by atoms with Crippen molar-refractivity contribution in [1.29, 1.82) is 0 Å². The Morgan fingerprint density at radius 1 is 0.944 bits per heavy atom. The summed E-state index contributed by atoms with van der Waals surface area (Å²) in [6, 6.07) is 21.9. The van der Waals surface area contributed by atoms with Gasteiger partial charge in [-0.2, -0.15) is 0 Å². The molecule has 8 nitrogen and oxygen atoms in total. The lowest BCUT2D eigenvalue weighted by atomic mass is 10.1. The number of ether oxygens (including phenoxy) is 1. The second kappa shape index (κ2) is 8.69. The first-order valence-electron chi connectivity index (χ1n) is 11.2. The second-order valence-corrected chi connectivity index (χ2v) is 9.30. The van der Waals surface area contributed by atoms with Gasteiger partial charge >= 0.3 is 5.63 Å². The van der Waals surface area contributed by atoms with E-state index in [9.17, 15) is 9.59 Å². The zero-order chi connectivity index (χ0) is 24.8. The van der Waals surface area contributed by atoms with E-state index in [1.54, 1.807) is 29.9 Å². The summed E-state index contributed by atoms with van der Waals surface area (Å²) in [6.45, 7) is 1.96. The monoisotopic (exact) mass is 496 g/mol. The highest BCUT2D eigenvalue weighted by Gasteiger charge is 2.18. The molecule has 0 amide bonds. The predicted octanol–water partition coefficient (Wildman–Crippen LogP) is 4.75. The van der Waals surface area contributed by atoms with Crippen molar-refractivity contribution >= 4 is 39.4 Å². The van der Waals surface area contributed by atoms with Crippen LogP contribution in [0.2, 0.25) is 0 Å². The van der Waals surface area contributed by atoms with E-state index < -0.39 is 5.63 Å². The van der Waals surface area contributed by atoms with E-state index in [0.29, 0.717) is 44.6 Å². The molecular weight excluding hydrogens is 476 g/mol. The molecule has 0 radical (unpaired) electrons. The minimum Gasteiger partial charge on any atom is -0.497 e. The van der Waals surface area contributed by atoms with E-state index in [1.165, 1.54) is 17.8 Å². The van der Waals surface area contributed by atoms with Crippen molar-refractivity contribution in [2.24, 2.45) is 0 Å². The number of aromatic nitrogens is 4. The maximum absolute atomic E-state index is 13.5. The molecule has 3 aromatic carbocycles. The summed E-state index contributed by atoms with van der Waals surface area (Å²) in [5.74, 6) is 1.57. The number of para-hydroxylation sites is 1. The summed E-state index contributed by atoms with van der Waals surface area (Å²) in [4.78, 5) is 25.7. The lowest BCUT2D eigenvalue weighted by molar-refractivity contribution is 0.414. The van der Waals surface area contributed by atoms with Gasteiger partial charge in [0.25, 0.3) is 5.56 Å². The average molecular weight is 497 g/mol. The van der Waals surface area contributed by atoms with Crippen LogP contribution in [0.4, 0.5) is 0 Å². The number of nitrogens with zero attached hydrogens (tertiary/aromatic N) is 4. The molecule has 0 spiro atoms. The van der Waals surface area contributed by atoms with Gasteiger partial charge in [0.05, 0.1) is 23.7 Å². The van der Waals surface area contributed by atoms with Gasteiger partial charge in [0.2, 0.25) is 5.78 Å². The summed E-state index contributed by atoms with van der Waals surface area (Å²) in [5, 5.41) is 10.9. The van der Waals surface area contributed by atoms with E-state index in [-0.39, 0.29) is 5.56 Å². The van der Waals surface area contributed by atoms with Crippen molar-refractivity contribution in [3.05, 3.63) is 105 Å². The number of hydrogen-bond acceptors (Lipinski definition) is 7. The van der Waals surface area contributed by atoms with Crippen LogP contribution in [0.3, 0.4) is 0 Å². The van der Waals surface area contributed by atoms with Crippen LogP contribution in [0, 0.1) is 6.92 Å². The molecule has 0 N–H and O–H groups in total. The van der Waals surface area contributed by atoms with Gasteiger partial charge in [0.1, 0.15) is 11.3 Å². The van der Waals surface area contributed by atoms with Crippen LogP contribution >= 0.6 is 11.8 Å². The number of thioether (sulfide) groups is 1. The molecule has 9 heteroatoms. The standard InChI is InChI=1S/C27H20N4O4S/c1-16-7-12-20-17(14-24(32)35-23(20)13-16)15-36-27-29-28-26-30(18-8-10-19(34-2)11-9-18)25(33)21-5-3-4-6-22(21)31(26)27/h3-14H,15H2,1-2H3. The normalized spacial score (nSPS) is 11.5. The third-order valence-electron chi connectivity index (χ3n) is 6.07. The summed E-state index contributed by atoms with van der Waals surface area (Å²) in [7, 11) is 1.60. The molecule has 3 aromatic heterocycles. The van der Waals surface area contributed by atoms with Crippen LogP contribution in [0.5, 0.6) is 5.75 Å². The van der Waals surface area contributed by atoms with E-state index in [2.05, 4.69) is 10.2 Å². The molecule has 0 saturated carbocycles. The number of rotatable bonds is 5. The molecule has 0 saturated heterocycles. The number of methoxy groups -OCH3 is 1. The fourth-order valence-electron chi connectivity index (χ4n) is 4.34. The van der Waals surface area contributed by atoms with Gasteiger partial charge in [0, 0.05) is 17.2 Å². The number of benzene rings is 3. The van der Waals surface area contributed by atoms with E-state index >= 15 is 0 Å². The lowest BCUT2D eigenvalue weighted by Gasteiger charge is -2.12. The van der Waals surface area contributed by atoms with Crippen LogP contribution in [0.1, 0.15) is 11.1 Å². The molecule has 0 fully saturated rings. The molecule has 0 atom stereocenters. The largest absolute Gasteiger partial charge is 0.497 e. The molecule has 0 unspecified atom stereocenters. The van der Waals surface area contributed by atoms with Crippen LogP contribution in [0.25, 0.3) is 33.3 Å². The molecule has 6 rings (SSSR count). The Balaban J connectivity index is 1.51. The SMILES string of the molecule is COc1ccc(-n2c(=O)c3ccccc3n3c(SCc4cc(=O)oc5cc(C)ccc45)nnc23)cc1. The Morgan fingerprint density at radius 2 is 1.75 bits per heavy atom. The van der Waals surface area contributed by atoms with Gasteiger partial charge in [-0.25, -0.2) is 9.36 Å². The van der Waals surface area contributed by atoms with Gasteiger partial charge in [-0.1, -0.05) is 36.0 Å². The van der Waals surface area contributed by atoms with Gasteiger partial charge in [0.15, 0.2) is 5.16 Å². The molecule has 178 valence electrons. The van der Waals surface area contributed by atoms with Crippen LogP contribution in [0.15, 0.2) is 92.0 Å². The molecule has 0 aliphatic heterocycles. The first-order valence-corrected chi connectivity index (χ1v) is 12.2. The van der Waals surface area contributed by atoms with Crippen LogP contribution in [-0.2, 0) is 5.75 Å². The number of aryl methyl sites for hydroxylation is 1. The summed E-state index contributed by atoms with van der Waals surface area (Å²) >= 11 is 1.44. The Bertz CT molecular complexity index is 1890. The first kappa shape index (κ1) is 22.1. The first-order chi connectivity index (χ1) is 17.5. The molecule has 0 aliphatic rings. The Kier molecular flexibility index (Phi) is 5.34. The fourth-order valence-corrected chi connectivity index (χ4v) is 5.27. The third-order valence-corrected chi connectivity index (χ3v) is 7.05. The smallest absolute Gasteiger partial charge is 0.336 e. The minimum atomic E-state index is -0.395. The Labute approximate surface area is 208 Å². The Hall–Kier alpha value is -4.37. The van der Waals surface area contributed by atoms with E-state index in [4.69, 9.17) is 9.15 Å². The topological polar surface area (TPSA) is 91.6 Å². The summed E-state index contributed by atoms with van der Waals surface area (Å²) in [6.07, 6.45) is 0. The van der Waals surface area contributed by atoms with E-state index in [1.807, 2.05) is 59.9 Å². The van der Waals surface area contributed by atoms with Crippen molar-refractivity contribution in [3.8, 4) is 11.4 Å². The quantitative estimate of drug-likeness (QED) is 0.251. The zero-order valence-electron chi connectivity index (χ0n) is 19.5. The van der Waals surface area contributed by atoms with Gasteiger partial charge in [-0.15, -0.1) is 10.2 Å².